The Balaban J connectivity index is 2.12. The molecule has 1 unspecified atom stereocenters. The molecule has 3 aromatic carbocycles. The number of rotatable bonds is 13. The summed E-state index contributed by atoms with van der Waals surface area (Å²) >= 11 is 18.8. The van der Waals surface area contributed by atoms with Crippen molar-refractivity contribution in [3.05, 3.63) is 92.9 Å². The normalized spacial score (nSPS) is 12.1. The third-order valence-electron chi connectivity index (χ3n) is 6.40. The van der Waals surface area contributed by atoms with Crippen LogP contribution < -0.4 is 14.4 Å². The first-order valence-electron chi connectivity index (χ1n) is 13.2. The Morgan fingerprint density at radius 3 is 2.19 bits per heavy atom. The number of nitrogens with one attached hydrogen (secondary N) is 1. The molecule has 0 saturated carbocycles. The van der Waals surface area contributed by atoms with Crippen LogP contribution in [0.2, 0.25) is 15.1 Å². The second-order valence-electron chi connectivity index (χ2n) is 10.2. The van der Waals surface area contributed by atoms with Gasteiger partial charge in [0.2, 0.25) is 21.8 Å². The number of sulfonamides is 1. The van der Waals surface area contributed by atoms with Crippen molar-refractivity contribution < 1.29 is 22.7 Å². The molecule has 0 radical (unpaired) electrons. The molecular formula is C30H34Cl3N3O5S. The van der Waals surface area contributed by atoms with Gasteiger partial charge < -0.3 is 15.0 Å². The average molecular weight is 655 g/mol. The lowest BCUT2D eigenvalue weighted by Crippen LogP contribution is -2.53. The number of ether oxygens (including phenoxy) is 1. The van der Waals surface area contributed by atoms with Crippen molar-refractivity contribution >= 4 is 62.3 Å². The Bertz CT molecular complexity index is 1500. The molecule has 0 saturated heterocycles. The van der Waals surface area contributed by atoms with E-state index in [-0.39, 0.29) is 41.3 Å². The van der Waals surface area contributed by atoms with Crippen molar-refractivity contribution in [2.75, 3.05) is 30.8 Å². The van der Waals surface area contributed by atoms with Gasteiger partial charge in [0.1, 0.15) is 18.3 Å². The number of methoxy groups -OCH3 is 1. The SMILES string of the molecule is COc1ccc(Cl)cc1N(CC(=O)N(Cc1ccc(Cl)cc1Cl)C(Cc1ccccc1)C(=O)NCC(C)C)S(C)(=O)=O. The molecule has 8 nitrogen and oxygen atoms in total. The van der Waals surface area contributed by atoms with Gasteiger partial charge >= 0.3 is 0 Å². The fourth-order valence-electron chi connectivity index (χ4n) is 4.26. The molecule has 0 heterocycles. The van der Waals surface area contributed by atoms with Gasteiger partial charge in [0, 0.05) is 34.6 Å². The maximum absolute atomic E-state index is 14.2. The van der Waals surface area contributed by atoms with Crippen LogP contribution in [-0.4, -0.2) is 57.6 Å². The molecule has 0 aliphatic heterocycles. The standard InChI is InChI=1S/C30H34Cl3N3O5S/c1-20(2)17-34-30(38)27(14-21-8-6-5-7-9-21)35(18-22-10-11-23(31)15-25(22)33)29(37)19-36(42(4,39)40)26-16-24(32)12-13-28(26)41-3/h5-13,15-16,20,27H,14,17-19H2,1-4H3,(H,34,38). The highest BCUT2D eigenvalue weighted by Gasteiger charge is 2.34. The van der Waals surface area contributed by atoms with E-state index in [2.05, 4.69) is 5.32 Å². The molecule has 12 heteroatoms. The Kier molecular flexibility index (Phi) is 11.9. The minimum atomic E-state index is -4.01. The predicted octanol–water partition coefficient (Wildman–Crippen LogP) is 5.83. The van der Waals surface area contributed by atoms with Crippen molar-refractivity contribution in [3.63, 3.8) is 0 Å². The number of hydrogen-bond donors (Lipinski definition) is 1. The largest absolute Gasteiger partial charge is 0.495 e. The molecule has 0 fully saturated rings. The summed E-state index contributed by atoms with van der Waals surface area (Å²) in [5.74, 6) is -0.635. The molecule has 0 spiro atoms. The molecule has 0 bridgehead atoms. The summed E-state index contributed by atoms with van der Waals surface area (Å²) in [7, 11) is -2.62. The van der Waals surface area contributed by atoms with Crippen LogP contribution in [0.5, 0.6) is 5.75 Å². The number of carbonyl (C=O) groups excluding carboxylic acids is 2. The first kappa shape index (κ1) is 33.5. The van der Waals surface area contributed by atoms with Crippen LogP contribution in [0.4, 0.5) is 5.69 Å². The smallest absolute Gasteiger partial charge is 0.244 e. The lowest BCUT2D eigenvalue weighted by molar-refractivity contribution is -0.140. The van der Waals surface area contributed by atoms with Gasteiger partial charge in [-0.3, -0.25) is 13.9 Å². The third kappa shape index (κ3) is 9.26. The number of benzene rings is 3. The first-order chi connectivity index (χ1) is 19.8. The van der Waals surface area contributed by atoms with Crippen molar-refractivity contribution in [1.29, 1.82) is 0 Å². The fourth-order valence-corrected chi connectivity index (χ4v) is 5.74. The summed E-state index contributed by atoms with van der Waals surface area (Å²) in [6, 6.07) is 17.6. The lowest BCUT2D eigenvalue weighted by Gasteiger charge is -2.34. The molecule has 0 aromatic heterocycles. The van der Waals surface area contributed by atoms with Gasteiger partial charge in [0.05, 0.1) is 19.1 Å². The second kappa shape index (κ2) is 15.0. The number of halogens is 3. The van der Waals surface area contributed by atoms with Crippen LogP contribution in [0.3, 0.4) is 0 Å². The van der Waals surface area contributed by atoms with Gasteiger partial charge in [0.15, 0.2) is 0 Å². The summed E-state index contributed by atoms with van der Waals surface area (Å²) in [6.45, 7) is 3.62. The Morgan fingerprint density at radius 2 is 1.60 bits per heavy atom. The maximum Gasteiger partial charge on any atom is 0.244 e. The molecule has 226 valence electrons. The Morgan fingerprint density at radius 1 is 0.952 bits per heavy atom. The third-order valence-corrected chi connectivity index (χ3v) is 8.35. The van der Waals surface area contributed by atoms with E-state index in [1.54, 1.807) is 24.3 Å². The van der Waals surface area contributed by atoms with Crippen LogP contribution in [0.15, 0.2) is 66.7 Å². The number of nitrogens with zero attached hydrogens (tertiary/aromatic N) is 2. The van der Waals surface area contributed by atoms with Crippen LogP contribution >= 0.6 is 34.8 Å². The van der Waals surface area contributed by atoms with Crippen LogP contribution in [0.25, 0.3) is 0 Å². The number of anilines is 1. The van der Waals surface area contributed by atoms with Gasteiger partial charge in [-0.15, -0.1) is 0 Å². The summed E-state index contributed by atoms with van der Waals surface area (Å²) in [4.78, 5) is 29.3. The summed E-state index contributed by atoms with van der Waals surface area (Å²) in [5.41, 5.74) is 1.45. The second-order valence-corrected chi connectivity index (χ2v) is 13.4. The highest BCUT2D eigenvalue weighted by molar-refractivity contribution is 7.92. The maximum atomic E-state index is 14.2. The number of carbonyl (C=O) groups is 2. The molecule has 2 amide bonds. The number of amides is 2. The highest BCUT2D eigenvalue weighted by atomic mass is 35.5. The lowest BCUT2D eigenvalue weighted by atomic mass is 10.0. The minimum Gasteiger partial charge on any atom is -0.495 e. The van der Waals surface area contributed by atoms with Crippen LogP contribution in [-0.2, 0) is 32.6 Å². The van der Waals surface area contributed by atoms with Gasteiger partial charge in [0.25, 0.3) is 0 Å². The average Bonchev–Trinajstić information content (AvgIpc) is 2.93. The monoisotopic (exact) mass is 653 g/mol. The molecule has 0 aliphatic carbocycles. The molecule has 1 atom stereocenters. The van der Waals surface area contributed by atoms with E-state index in [9.17, 15) is 18.0 Å². The van der Waals surface area contributed by atoms with E-state index in [0.717, 1.165) is 16.1 Å². The van der Waals surface area contributed by atoms with Gasteiger partial charge in [-0.2, -0.15) is 0 Å². The van der Waals surface area contributed by atoms with E-state index in [0.29, 0.717) is 22.2 Å². The van der Waals surface area contributed by atoms with Crippen LogP contribution in [0, 0.1) is 5.92 Å². The topological polar surface area (TPSA) is 96.0 Å². The van der Waals surface area contributed by atoms with Crippen molar-refractivity contribution in [3.8, 4) is 5.75 Å². The van der Waals surface area contributed by atoms with Gasteiger partial charge in [-0.05, 0) is 47.4 Å². The van der Waals surface area contributed by atoms with Crippen molar-refractivity contribution in [1.82, 2.24) is 10.2 Å². The molecule has 1 N–H and O–H groups in total. The molecule has 0 aliphatic rings. The van der Waals surface area contributed by atoms with Gasteiger partial charge in [-0.25, -0.2) is 8.42 Å². The van der Waals surface area contributed by atoms with Crippen molar-refractivity contribution in [2.24, 2.45) is 5.92 Å². The Labute approximate surface area is 262 Å². The van der Waals surface area contributed by atoms with Gasteiger partial charge in [-0.1, -0.05) is 85.0 Å². The summed E-state index contributed by atoms with van der Waals surface area (Å²) < 4.78 is 32.4. The molecule has 42 heavy (non-hydrogen) atoms. The van der Waals surface area contributed by atoms with Crippen LogP contribution in [0.1, 0.15) is 25.0 Å². The minimum absolute atomic E-state index is 0.0777. The van der Waals surface area contributed by atoms with E-state index in [1.165, 1.54) is 24.1 Å². The molecule has 3 rings (SSSR count). The zero-order valence-electron chi connectivity index (χ0n) is 23.8. The van der Waals surface area contributed by atoms with E-state index >= 15 is 0 Å². The van der Waals surface area contributed by atoms with Crippen molar-refractivity contribution in [2.45, 2.75) is 32.9 Å². The summed E-state index contributed by atoms with van der Waals surface area (Å²) in [6.07, 6.45) is 1.17. The zero-order valence-corrected chi connectivity index (χ0v) is 26.9. The first-order valence-corrected chi connectivity index (χ1v) is 16.1. The number of hydrogen-bond acceptors (Lipinski definition) is 5. The fraction of sp³-hybridized carbons (Fsp3) is 0.333. The summed E-state index contributed by atoms with van der Waals surface area (Å²) in [5, 5.41) is 3.90. The molecule has 3 aromatic rings. The van der Waals surface area contributed by atoms with E-state index in [1.807, 2.05) is 44.2 Å². The van der Waals surface area contributed by atoms with E-state index < -0.39 is 28.5 Å². The van der Waals surface area contributed by atoms with E-state index in [4.69, 9.17) is 39.5 Å². The molecular weight excluding hydrogens is 621 g/mol. The quantitative estimate of drug-likeness (QED) is 0.250. The Hall–Kier alpha value is -2.98. The highest BCUT2D eigenvalue weighted by Crippen LogP contribution is 2.33. The zero-order chi connectivity index (χ0) is 31.0. The predicted molar refractivity (Wildman–Crippen MR) is 169 cm³/mol.